The van der Waals surface area contributed by atoms with Gasteiger partial charge in [-0.05, 0) is 52.9 Å². The van der Waals surface area contributed by atoms with E-state index in [0.717, 1.165) is 17.8 Å². The summed E-state index contributed by atoms with van der Waals surface area (Å²) in [5.41, 5.74) is 6.62. The quantitative estimate of drug-likeness (QED) is 0.224. The summed E-state index contributed by atoms with van der Waals surface area (Å²) in [7, 11) is 0. The summed E-state index contributed by atoms with van der Waals surface area (Å²) in [6, 6.07) is 49.5. The van der Waals surface area contributed by atoms with E-state index in [1.165, 1.54) is 22.3 Å². The Balaban J connectivity index is 1.41. The zero-order valence-electron chi connectivity index (χ0n) is 20.2. The van der Waals surface area contributed by atoms with Crippen LogP contribution in [0.2, 0.25) is 0 Å². The molecule has 2 heteroatoms. The number of para-hydroxylation sites is 2. The van der Waals surface area contributed by atoms with Crippen molar-refractivity contribution in [2.45, 2.75) is 18.8 Å². The maximum Gasteiger partial charge on any atom is 0.231 e. The van der Waals surface area contributed by atoms with Crippen LogP contribution in [0.1, 0.15) is 29.9 Å². The van der Waals surface area contributed by atoms with Crippen molar-refractivity contribution >= 4 is 17.3 Å². The Labute approximate surface area is 213 Å². The third-order valence-electron chi connectivity index (χ3n) is 6.55. The van der Waals surface area contributed by atoms with Gasteiger partial charge < -0.3 is 0 Å². The molecule has 0 radical (unpaired) electrons. The summed E-state index contributed by atoms with van der Waals surface area (Å²) in [6.07, 6.45) is 1.16. The number of carbonyl (C=O) groups is 1. The summed E-state index contributed by atoms with van der Waals surface area (Å²) < 4.78 is 0. The molecule has 1 amide bonds. The van der Waals surface area contributed by atoms with Gasteiger partial charge >= 0.3 is 0 Å². The molecule has 0 fully saturated rings. The van der Waals surface area contributed by atoms with Gasteiger partial charge in [0.1, 0.15) is 0 Å². The Morgan fingerprint density at radius 3 is 1.44 bits per heavy atom. The average Bonchev–Trinajstić information content (AvgIpc) is 2.96. The second-order valence-electron chi connectivity index (χ2n) is 8.89. The van der Waals surface area contributed by atoms with Crippen molar-refractivity contribution in [3.63, 3.8) is 0 Å². The third kappa shape index (κ3) is 5.45. The third-order valence-corrected chi connectivity index (χ3v) is 6.55. The SMILES string of the molecule is O=C(CCC(c1ccccc1)c1ccc(-c2ccccc2)cc1)N(c1ccccc1)c1ccccc1. The minimum atomic E-state index is 0.0919. The molecule has 0 aliphatic rings. The van der Waals surface area contributed by atoms with Crippen molar-refractivity contribution in [3.8, 4) is 11.1 Å². The smallest absolute Gasteiger partial charge is 0.231 e. The van der Waals surface area contributed by atoms with Gasteiger partial charge in [0.2, 0.25) is 5.91 Å². The number of nitrogens with zero attached hydrogens (tertiary/aromatic N) is 1. The van der Waals surface area contributed by atoms with E-state index >= 15 is 0 Å². The van der Waals surface area contributed by atoms with Gasteiger partial charge in [-0.15, -0.1) is 0 Å². The average molecular weight is 468 g/mol. The Morgan fingerprint density at radius 2 is 0.917 bits per heavy atom. The summed E-state index contributed by atoms with van der Waals surface area (Å²) in [5, 5.41) is 0. The highest BCUT2D eigenvalue weighted by atomic mass is 16.2. The fraction of sp³-hybridized carbons (Fsp3) is 0.0882. The summed E-state index contributed by atoms with van der Waals surface area (Å²) in [4.78, 5) is 15.5. The zero-order valence-corrected chi connectivity index (χ0v) is 20.2. The molecule has 0 aliphatic heterocycles. The highest BCUT2D eigenvalue weighted by molar-refractivity contribution is 6.00. The summed E-state index contributed by atoms with van der Waals surface area (Å²) in [5.74, 6) is 0.225. The number of carbonyl (C=O) groups excluding carboxylic acids is 1. The molecule has 2 nitrogen and oxygen atoms in total. The van der Waals surface area contributed by atoms with Gasteiger partial charge in [0.25, 0.3) is 0 Å². The van der Waals surface area contributed by atoms with Crippen molar-refractivity contribution in [2.75, 3.05) is 4.90 Å². The molecule has 0 aromatic heterocycles. The molecule has 0 bridgehead atoms. The normalized spacial score (nSPS) is 11.6. The molecule has 0 spiro atoms. The molecule has 176 valence electrons. The number of anilines is 2. The standard InChI is InChI=1S/C34H29NO/c36-34(35(31-17-9-3-10-18-31)32-19-11-4-12-20-32)26-25-33(29-15-7-2-8-16-29)30-23-21-28(22-24-30)27-13-5-1-6-14-27/h1-24,33H,25-26H2. The van der Waals surface area contributed by atoms with Gasteiger partial charge in [0.05, 0.1) is 0 Å². The van der Waals surface area contributed by atoms with Crippen molar-refractivity contribution in [1.82, 2.24) is 0 Å². The first-order chi connectivity index (χ1) is 17.8. The Kier molecular flexibility index (Phi) is 7.34. The molecule has 36 heavy (non-hydrogen) atoms. The van der Waals surface area contributed by atoms with E-state index in [-0.39, 0.29) is 11.8 Å². The van der Waals surface area contributed by atoms with Gasteiger partial charge in [-0.25, -0.2) is 0 Å². The van der Waals surface area contributed by atoms with E-state index in [4.69, 9.17) is 0 Å². The minimum Gasteiger partial charge on any atom is -0.281 e. The number of hydrogen-bond acceptors (Lipinski definition) is 1. The summed E-state index contributed by atoms with van der Waals surface area (Å²) in [6.45, 7) is 0. The predicted octanol–water partition coefficient (Wildman–Crippen LogP) is 8.63. The highest BCUT2D eigenvalue weighted by Crippen LogP contribution is 2.33. The topological polar surface area (TPSA) is 20.3 Å². The van der Waals surface area contributed by atoms with E-state index in [2.05, 4.69) is 72.8 Å². The van der Waals surface area contributed by atoms with E-state index in [1.807, 2.05) is 77.7 Å². The summed E-state index contributed by atoms with van der Waals surface area (Å²) >= 11 is 0. The van der Waals surface area contributed by atoms with Crippen LogP contribution in [0.15, 0.2) is 146 Å². The zero-order chi connectivity index (χ0) is 24.6. The van der Waals surface area contributed by atoms with Crippen LogP contribution < -0.4 is 4.90 Å². The molecular weight excluding hydrogens is 438 g/mol. The lowest BCUT2D eigenvalue weighted by Crippen LogP contribution is -2.26. The number of rotatable bonds is 8. The van der Waals surface area contributed by atoms with Crippen LogP contribution in [0.25, 0.3) is 11.1 Å². The van der Waals surface area contributed by atoms with Crippen LogP contribution in [-0.4, -0.2) is 5.91 Å². The lowest BCUT2D eigenvalue weighted by atomic mass is 9.86. The Hall–Kier alpha value is -4.43. The van der Waals surface area contributed by atoms with Gasteiger partial charge in [-0.3, -0.25) is 9.69 Å². The van der Waals surface area contributed by atoms with Crippen LogP contribution in [0.3, 0.4) is 0 Å². The number of benzene rings is 5. The molecule has 0 aliphatic carbocycles. The second-order valence-corrected chi connectivity index (χ2v) is 8.89. The maximum atomic E-state index is 13.7. The van der Waals surface area contributed by atoms with E-state index in [1.54, 1.807) is 0 Å². The lowest BCUT2D eigenvalue weighted by molar-refractivity contribution is -0.118. The maximum absolute atomic E-state index is 13.7. The highest BCUT2D eigenvalue weighted by Gasteiger charge is 2.21. The van der Waals surface area contributed by atoms with Crippen LogP contribution in [0, 0.1) is 0 Å². The first-order valence-electron chi connectivity index (χ1n) is 12.4. The van der Waals surface area contributed by atoms with Crippen molar-refractivity contribution in [3.05, 3.63) is 157 Å². The second kappa shape index (κ2) is 11.3. The van der Waals surface area contributed by atoms with Gasteiger partial charge in [0, 0.05) is 23.7 Å². The fourth-order valence-electron chi connectivity index (χ4n) is 4.72. The predicted molar refractivity (Wildman–Crippen MR) is 149 cm³/mol. The van der Waals surface area contributed by atoms with Gasteiger partial charge in [-0.1, -0.05) is 121 Å². The van der Waals surface area contributed by atoms with E-state index in [9.17, 15) is 4.79 Å². The van der Waals surface area contributed by atoms with E-state index in [0.29, 0.717) is 6.42 Å². The molecule has 5 aromatic carbocycles. The lowest BCUT2D eigenvalue weighted by Gasteiger charge is -2.25. The van der Waals surface area contributed by atoms with Gasteiger partial charge in [0.15, 0.2) is 0 Å². The van der Waals surface area contributed by atoms with Gasteiger partial charge in [-0.2, -0.15) is 0 Å². The fourth-order valence-corrected chi connectivity index (χ4v) is 4.72. The Bertz CT molecular complexity index is 1330. The molecule has 0 saturated heterocycles. The molecule has 5 rings (SSSR count). The van der Waals surface area contributed by atoms with Crippen molar-refractivity contribution in [1.29, 1.82) is 0 Å². The number of hydrogen-bond donors (Lipinski definition) is 0. The van der Waals surface area contributed by atoms with Crippen molar-refractivity contribution in [2.24, 2.45) is 0 Å². The van der Waals surface area contributed by atoms with Crippen LogP contribution in [-0.2, 0) is 4.79 Å². The van der Waals surface area contributed by atoms with Crippen LogP contribution in [0.4, 0.5) is 11.4 Å². The minimum absolute atomic E-state index is 0.0919. The molecule has 0 saturated carbocycles. The molecule has 1 unspecified atom stereocenters. The largest absolute Gasteiger partial charge is 0.281 e. The molecule has 1 atom stereocenters. The first-order valence-corrected chi connectivity index (χ1v) is 12.4. The first kappa shape index (κ1) is 23.3. The van der Waals surface area contributed by atoms with Crippen molar-refractivity contribution < 1.29 is 4.79 Å². The monoisotopic (exact) mass is 467 g/mol. The van der Waals surface area contributed by atoms with Crippen LogP contribution in [0.5, 0.6) is 0 Å². The molecular formula is C34H29NO. The van der Waals surface area contributed by atoms with Crippen LogP contribution >= 0.6 is 0 Å². The molecule has 5 aromatic rings. The molecule has 0 N–H and O–H groups in total. The Morgan fingerprint density at radius 1 is 0.500 bits per heavy atom. The molecule has 0 heterocycles. The number of amides is 1. The van der Waals surface area contributed by atoms with E-state index < -0.39 is 0 Å².